The van der Waals surface area contributed by atoms with Crippen molar-refractivity contribution in [3.05, 3.63) is 23.8 Å². The molecule has 0 radical (unpaired) electrons. The van der Waals surface area contributed by atoms with E-state index in [9.17, 15) is 0 Å². The minimum absolute atomic E-state index is 0.0896. The lowest BCUT2D eigenvalue weighted by atomic mass is 9.83. The highest BCUT2D eigenvalue weighted by molar-refractivity contribution is 5.45. The zero-order valence-corrected chi connectivity index (χ0v) is 11.6. The first kappa shape index (κ1) is 13.2. The second-order valence-electron chi connectivity index (χ2n) is 4.93. The van der Waals surface area contributed by atoms with Crippen LogP contribution >= 0.6 is 0 Å². The first-order chi connectivity index (χ1) is 8.75. The fourth-order valence-corrected chi connectivity index (χ4v) is 3.00. The molecule has 1 heterocycles. The highest BCUT2D eigenvalue weighted by atomic mass is 16.5. The summed E-state index contributed by atoms with van der Waals surface area (Å²) in [6, 6.07) is 6.15. The van der Waals surface area contributed by atoms with Gasteiger partial charge in [-0.15, -0.1) is 0 Å². The molecule has 1 N–H and O–H groups in total. The Bertz CT molecular complexity index is 397. The van der Waals surface area contributed by atoms with Crippen molar-refractivity contribution in [2.45, 2.75) is 38.1 Å². The van der Waals surface area contributed by atoms with Crippen LogP contribution < -0.4 is 14.8 Å². The number of ether oxygens (including phenoxy) is 2. The number of nitrogens with one attached hydrogen (secondary N) is 1. The second kappa shape index (κ2) is 5.61. The summed E-state index contributed by atoms with van der Waals surface area (Å²) in [4.78, 5) is 0. The van der Waals surface area contributed by atoms with Crippen LogP contribution in [0.5, 0.6) is 11.5 Å². The molecule has 3 heteroatoms. The van der Waals surface area contributed by atoms with Crippen LogP contribution in [0.25, 0.3) is 0 Å². The van der Waals surface area contributed by atoms with E-state index in [0.717, 1.165) is 24.5 Å². The third kappa shape index (κ3) is 2.32. The molecule has 0 bridgehead atoms. The number of rotatable bonds is 5. The van der Waals surface area contributed by atoms with Crippen molar-refractivity contribution in [1.29, 1.82) is 0 Å². The summed E-state index contributed by atoms with van der Waals surface area (Å²) in [5.41, 5.74) is 1.36. The van der Waals surface area contributed by atoms with E-state index < -0.39 is 0 Å². The molecule has 1 aromatic rings. The molecule has 0 aromatic heterocycles. The van der Waals surface area contributed by atoms with E-state index in [2.05, 4.69) is 18.3 Å². The summed E-state index contributed by atoms with van der Waals surface area (Å²) in [6.45, 7) is 3.33. The standard InChI is InChI=1S/C15H23NO2/c1-4-8-15(9-5-10-16-15)13-7-6-12(17-2)11-14(13)18-3/h6-7,11,16H,4-5,8-10H2,1-3H3. The van der Waals surface area contributed by atoms with E-state index in [1.165, 1.54) is 24.8 Å². The Kier molecular flexibility index (Phi) is 4.12. The molecule has 1 atom stereocenters. The highest BCUT2D eigenvalue weighted by Crippen LogP contribution is 2.41. The Balaban J connectivity index is 2.40. The van der Waals surface area contributed by atoms with E-state index in [4.69, 9.17) is 9.47 Å². The van der Waals surface area contributed by atoms with Gasteiger partial charge in [0, 0.05) is 17.2 Å². The van der Waals surface area contributed by atoms with Gasteiger partial charge in [-0.05, 0) is 37.9 Å². The first-order valence-electron chi connectivity index (χ1n) is 6.73. The van der Waals surface area contributed by atoms with Gasteiger partial charge in [-0.3, -0.25) is 0 Å². The van der Waals surface area contributed by atoms with Gasteiger partial charge in [0.05, 0.1) is 14.2 Å². The van der Waals surface area contributed by atoms with Gasteiger partial charge < -0.3 is 14.8 Å². The van der Waals surface area contributed by atoms with Crippen LogP contribution in [0, 0.1) is 0 Å². The quantitative estimate of drug-likeness (QED) is 0.870. The Morgan fingerprint density at radius 1 is 1.28 bits per heavy atom. The van der Waals surface area contributed by atoms with Crippen LogP contribution in [0.15, 0.2) is 18.2 Å². The summed E-state index contributed by atoms with van der Waals surface area (Å²) < 4.78 is 10.8. The van der Waals surface area contributed by atoms with Crippen LogP contribution in [-0.2, 0) is 5.54 Å². The third-order valence-corrected chi connectivity index (χ3v) is 3.84. The summed E-state index contributed by atoms with van der Waals surface area (Å²) in [7, 11) is 3.41. The lowest BCUT2D eigenvalue weighted by molar-refractivity contribution is 0.326. The van der Waals surface area contributed by atoms with Gasteiger partial charge in [0.25, 0.3) is 0 Å². The van der Waals surface area contributed by atoms with Crippen molar-refractivity contribution in [1.82, 2.24) is 5.32 Å². The summed E-state index contributed by atoms with van der Waals surface area (Å²) in [5.74, 6) is 1.78. The Hall–Kier alpha value is -1.22. The molecule has 1 aromatic carbocycles. The van der Waals surface area contributed by atoms with E-state index in [0.29, 0.717) is 0 Å². The second-order valence-corrected chi connectivity index (χ2v) is 4.93. The normalized spacial score (nSPS) is 23.1. The van der Waals surface area contributed by atoms with Crippen LogP contribution in [0.4, 0.5) is 0 Å². The largest absolute Gasteiger partial charge is 0.497 e. The zero-order chi connectivity index (χ0) is 13.0. The average Bonchev–Trinajstić information content (AvgIpc) is 2.88. The molecule has 1 fully saturated rings. The van der Waals surface area contributed by atoms with Crippen LogP contribution in [0.2, 0.25) is 0 Å². The Morgan fingerprint density at radius 2 is 2.11 bits per heavy atom. The van der Waals surface area contributed by atoms with E-state index >= 15 is 0 Å². The smallest absolute Gasteiger partial charge is 0.127 e. The minimum Gasteiger partial charge on any atom is -0.497 e. The highest BCUT2D eigenvalue weighted by Gasteiger charge is 2.36. The number of hydrogen-bond acceptors (Lipinski definition) is 3. The van der Waals surface area contributed by atoms with Gasteiger partial charge >= 0.3 is 0 Å². The zero-order valence-electron chi connectivity index (χ0n) is 11.6. The number of hydrogen-bond donors (Lipinski definition) is 1. The fourth-order valence-electron chi connectivity index (χ4n) is 3.00. The van der Waals surface area contributed by atoms with Gasteiger partial charge in [0.15, 0.2) is 0 Å². The van der Waals surface area contributed by atoms with Gasteiger partial charge in [0.1, 0.15) is 11.5 Å². The van der Waals surface area contributed by atoms with E-state index in [-0.39, 0.29) is 5.54 Å². The maximum atomic E-state index is 5.55. The summed E-state index contributed by atoms with van der Waals surface area (Å²) >= 11 is 0. The van der Waals surface area contributed by atoms with Crippen molar-refractivity contribution in [2.24, 2.45) is 0 Å². The number of benzene rings is 1. The third-order valence-electron chi connectivity index (χ3n) is 3.84. The van der Waals surface area contributed by atoms with Gasteiger partial charge in [-0.1, -0.05) is 13.3 Å². The Labute approximate surface area is 109 Å². The topological polar surface area (TPSA) is 30.5 Å². The maximum absolute atomic E-state index is 5.55. The van der Waals surface area contributed by atoms with Crippen molar-refractivity contribution in [3.63, 3.8) is 0 Å². The molecule has 1 aliphatic heterocycles. The van der Waals surface area contributed by atoms with Crippen molar-refractivity contribution < 1.29 is 9.47 Å². The predicted molar refractivity (Wildman–Crippen MR) is 73.4 cm³/mol. The SMILES string of the molecule is CCCC1(c2ccc(OC)cc2OC)CCCN1. The fraction of sp³-hybridized carbons (Fsp3) is 0.600. The molecular weight excluding hydrogens is 226 g/mol. The van der Waals surface area contributed by atoms with Crippen LogP contribution in [-0.4, -0.2) is 20.8 Å². The molecular formula is C15H23NO2. The van der Waals surface area contributed by atoms with Gasteiger partial charge in [-0.25, -0.2) is 0 Å². The molecule has 1 saturated heterocycles. The summed E-state index contributed by atoms with van der Waals surface area (Å²) in [6.07, 6.45) is 4.73. The van der Waals surface area contributed by atoms with Crippen molar-refractivity contribution in [2.75, 3.05) is 20.8 Å². The van der Waals surface area contributed by atoms with E-state index in [1.54, 1.807) is 14.2 Å². The molecule has 100 valence electrons. The maximum Gasteiger partial charge on any atom is 0.127 e. The molecule has 0 spiro atoms. The number of methoxy groups -OCH3 is 2. The lowest BCUT2D eigenvalue weighted by Crippen LogP contribution is -2.36. The predicted octanol–water partition coefficient (Wildman–Crippen LogP) is 3.08. The van der Waals surface area contributed by atoms with Crippen LogP contribution in [0.3, 0.4) is 0 Å². The van der Waals surface area contributed by atoms with E-state index in [1.807, 2.05) is 12.1 Å². The molecule has 2 rings (SSSR count). The average molecular weight is 249 g/mol. The first-order valence-corrected chi connectivity index (χ1v) is 6.73. The van der Waals surface area contributed by atoms with Gasteiger partial charge in [-0.2, -0.15) is 0 Å². The van der Waals surface area contributed by atoms with Crippen LogP contribution in [0.1, 0.15) is 38.2 Å². The lowest BCUT2D eigenvalue weighted by Gasteiger charge is -2.31. The summed E-state index contributed by atoms with van der Waals surface area (Å²) in [5, 5.41) is 3.68. The molecule has 3 nitrogen and oxygen atoms in total. The van der Waals surface area contributed by atoms with Gasteiger partial charge in [0.2, 0.25) is 0 Å². The van der Waals surface area contributed by atoms with Crippen molar-refractivity contribution >= 4 is 0 Å². The monoisotopic (exact) mass is 249 g/mol. The molecule has 0 saturated carbocycles. The Morgan fingerprint density at radius 3 is 2.67 bits per heavy atom. The molecule has 18 heavy (non-hydrogen) atoms. The minimum atomic E-state index is 0.0896. The molecule has 0 amide bonds. The molecule has 1 unspecified atom stereocenters. The molecule has 0 aliphatic carbocycles. The van der Waals surface area contributed by atoms with Crippen molar-refractivity contribution in [3.8, 4) is 11.5 Å². The molecule has 1 aliphatic rings.